The van der Waals surface area contributed by atoms with Crippen molar-refractivity contribution in [2.75, 3.05) is 13.2 Å². The summed E-state index contributed by atoms with van der Waals surface area (Å²) in [6.45, 7) is 1.32. The van der Waals surface area contributed by atoms with Crippen LogP contribution in [0.25, 0.3) is 16.8 Å². The summed E-state index contributed by atoms with van der Waals surface area (Å²) in [5, 5.41) is 8.69. The van der Waals surface area contributed by atoms with E-state index in [1.165, 1.54) is 12.1 Å². The van der Waals surface area contributed by atoms with Crippen LogP contribution < -0.4 is 4.74 Å². The number of hydrogen-bond acceptors (Lipinski definition) is 5. The van der Waals surface area contributed by atoms with Crippen molar-refractivity contribution in [3.63, 3.8) is 0 Å². The fourth-order valence-electron chi connectivity index (χ4n) is 3.04. The predicted octanol–water partition coefficient (Wildman–Crippen LogP) is 3.02. The van der Waals surface area contributed by atoms with Crippen LogP contribution in [0.1, 0.15) is 11.6 Å². The Morgan fingerprint density at radius 3 is 2.68 bits per heavy atom. The van der Waals surface area contributed by atoms with Crippen LogP contribution in [0.5, 0.6) is 5.88 Å². The quantitative estimate of drug-likeness (QED) is 0.530. The van der Waals surface area contributed by atoms with Gasteiger partial charge < -0.3 is 9.47 Å². The lowest BCUT2D eigenvalue weighted by atomic mass is 10.2. The molecule has 1 saturated heterocycles. The molecule has 0 amide bonds. The van der Waals surface area contributed by atoms with Crippen LogP contribution in [0.3, 0.4) is 0 Å². The van der Waals surface area contributed by atoms with Crippen molar-refractivity contribution in [1.29, 1.82) is 0 Å². The number of ether oxygens (including phenoxy) is 2. The van der Waals surface area contributed by atoms with Gasteiger partial charge in [0.15, 0.2) is 5.65 Å². The Bertz CT molecular complexity index is 1130. The zero-order chi connectivity index (χ0) is 19.1. The third-order valence-corrected chi connectivity index (χ3v) is 4.56. The Hall–Kier alpha value is -3.33. The van der Waals surface area contributed by atoms with Crippen LogP contribution in [0, 0.1) is 11.6 Å². The Morgan fingerprint density at radius 1 is 1.11 bits per heavy atom. The van der Waals surface area contributed by atoms with Gasteiger partial charge in [-0.3, -0.25) is 4.68 Å². The molecule has 9 heteroatoms. The topological polar surface area (TPSA) is 66.5 Å². The van der Waals surface area contributed by atoms with Crippen molar-refractivity contribution >= 4 is 5.65 Å². The molecule has 5 rings (SSSR count). The fraction of sp³-hybridized carbons (Fsp3) is 0.211. The number of fused-ring (bicyclic) bond motifs is 1. The molecule has 0 radical (unpaired) electrons. The van der Waals surface area contributed by atoms with E-state index in [1.807, 2.05) is 10.9 Å². The Kier molecular flexibility index (Phi) is 4.01. The predicted molar refractivity (Wildman–Crippen MR) is 94.8 cm³/mol. The highest BCUT2D eigenvalue weighted by Crippen LogP contribution is 2.26. The van der Waals surface area contributed by atoms with Crippen molar-refractivity contribution in [2.24, 2.45) is 0 Å². The van der Waals surface area contributed by atoms with Gasteiger partial charge >= 0.3 is 0 Å². The van der Waals surface area contributed by atoms with Crippen LogP contribution in [0.15, 0.2) is 49.1 Å². The lowest BCUT2D eigenvalue weighted by Gasteiger charge is -2.25. The normalized spacial score (nSPS) is 14.4. The molecule has 0 bridgehead atoms. The van der Waals surface area contributed by atoms with E-state index in [2.05, 4.69) is 15.2 Å². The second kappa shape index (κ2) is 6.68. The molecule has 0 N–H and O–H groups in total. The molecule has 4 heterocycles. The van der Waals surface area contributed by atoms with E-state index in [9.17, 15) is 8.78 Å². The number of aromatic nitrogens is 5. The summed E-state index contributed by atoms with van der Waals surface area (Å²) < 4.78 is 40.9. The van der Waals surface area contributed by atoms with Crippen LogP contribution in [0.4, 0.5) is 8.78 Å². The van der Waals surface area contributed by atoms with Crippen LogP contribution in [0.2, 0.25) is 0 Å². The lowest BCUT2D eigenvalue weighted by Crippen LogP contribution is -2.30. The van der Waals surface area contributed by atoms with Gasteiger partial charge in [-0.1, -0.05) is 0 Å². The minimum atomic E-state index is -0.644. The molecule has 7 nitrogen and oxygen atoms in total. The first-order chi connectivity index (χ1) is 13.7. The van der Waals surface area contributed by atoms with E-state index < -0.39 is 11.6 Å². The zero-order valence-corrected chi connectivity index (χ0v) is 14.6. The van der Waals surface area contributed by atoms with E-state index in [0.29, 0.717) is 30.3 Å². The minimum absolute atomic E-state index is 0.000929. The first-order valence-corrected chi connectivity index (χ1v) is 8.70. The highest BCUT2D eigenvalue weighted by molar-refractivity contribution is 5.76. The van der Waals surface area contributed by atoms with Crippen molar-refractivity contribution in [3.8, 4) is 17.0 Å². The molecule has 1 aliphatic rings. The van der Waals surface area contributed by atoms with Gasteiger partial charge in [0, 0.05) is 35.7 Å². The van der Waals surface area contributed by atoms with Gasteiger partial charge in [-0.05, 0) is 17.7 Å². The Balaban J connectivity index is 1.40. The number of benzene rings is 1. The van der Waals surface area contributed by atoms with Crippen LogP contribution in [-0.4, -0.2) is 37.6 Å². The number of rotatable bonds is 5. The van der Waals surface area contributed by atoms with Gasteiger partial charge in [0.2, 0.25) is 5.88 Å². The number of nitrogens with zero attached hydrogens (tertiary/aromatic N) is 5. The maximum absolute atomic E-state index is 13.3. The Morgan fingerprint density at radius 2 is 1.93 bits per heavy atom. The lowest BCUT2D eigenvalue weighted by molar-refractivity contribution is -0.0286. The van der Waals surface area contributed by atoms with Gasteiger partial charge in [0.25, 0.3) is 0 Å². The molecule has 1 aromatic carbocycles. The maximum atomic E-state index is 13.3. The maximum Gasteiger partial charge on any atom is 0.217 e. The molecular weight excluding hydrogens is 368 g/mol. The average Bonchev–Trinajstić information content (AvgIpc) is 3.24. The average molecular weight is 383 g/mol. The minimum Gasteiger partial charge on any atom is -0.473 e. The molecule has 0 saturated carbocycles. The van der Waals surface area contributed by atoms with Crippen molar-refractivity contribution in [1.82, 2.24) is 24.4 Å². The van der Waals surface area contributed by atoms with Crippen molar-refractivity contribution in [2.45, 2.75) is 12.6 Å². The van der Waals surface area contributed by atoms with E-state index in [1.54, 1.807) is 29.2 Å². The van der Waals surface area contributed by atoms with E-state index in [4.69, 9.17) is 9.47 Å². The van der Waals surface area contributed by atoms with E-state index in [-0.39, 0.29) is 12.6 Å². The molecule has 1 aliphatic heterocycles. The van der Waals surface area contributed by atoms with E-state index in [0.717, 1.165) is 17.2 Å². The van der Waals surface area contributed by atoms with Gasteiger partial charge in [-0.25, -0.2) is 13.3 Å². The van der Waals surface area contributed by atoms with Gasteiger partial charge in [-0.15, -0.1) is 0 Å². The second-order valence-corrected chi connectivity index (χ2v) is 6.56. The summed E-state index contributed by atoms with van der Waals surface area (Å²) in [4.78, 5) is 4.49. The third kappa shape index (κ3) is 3.09. The SMILES string of the molecule is Fc1cc(F)cc(COc2ccn3ncc(-c4cnn(C5COC5)c4)c3n2)c1. The molecular formula is C19H15F2N5O2. The first-order valence-electron chi connectivity index (χ1n) is 8.70. The van der Waals surface area contributed by atoms with Crippen molar-refractivity contribution < 1.29 is 18.3 Å². The van der Waals surface area contributed by atoms with Crippen molar-refractivity contribution in [3.05, 3.63) is 66.3 Å². The molecule has 3 aromatic heterocycles. The summed E-state index contributed by atoms with van der Waals surface area (Å²) in [5.74, 6) is -0.957. The summed E-state index contributed by atoms with van der Waals surface area (Å²) in [6, 6.07) is 5.18. The monoisotopic (exact) mass is 383 g/mol. The highest BCUT2D eigenvalue weighted by Gasteiger charge is 2.22. The molecule has 1 fully saturated rings. The fourth-order valence-corrected chi connectivity index (χ4v) is 3.04. The molecule has 4 aromatic rings. The summed E-state index contributed by atoms with van der Waals surface area (Å²) >= 11 is 0. The van der Waals surface area contributed by atoms with Crippen LogP contribution in [-0.2, 0) is 11.3 Å². The second-order valence-electron chi connectivity index (χ2n) is 6.56. The summed E-state index contributed by atoms with van der Waals surface area (Å²) in [5.41, 5.74) is 2.69. The third-order valence-electron chi connectivity index (χ3n) is 4.56. The summed E-state index contributed by atoms with van der Waals surface area (Å²) in [6.07, 6.45) is 7.14. The largest absolute Gasteiger partial charge is 0.473 e. The number of halogens is 2. The van der Waals surface area contributed by atoms with E-state index >= 15 is 0 Å². The molecule has 142 valence electrons. The first kappa shape index (κ1) is 16.8. The molecule has 0 atom stereocenters. The van der Waals surface area contributed by atoms with Gasteiger partial charge in [0.05, 0.1) is 31.6 Å². The smallest absolute Gasteiger partial charge is 0.217 e. The molecule has 0 aliphatic carbocycles. The molecule has 0 spiro atoms. The Labute approximate surface area is 158 Å². The highest BCUT2D eigenvalue weighted by atomic mass is 19.1. The number of hydrogen-bond donors (Lipinski definition) is 0. The standard InChI is InChI=1S/C19H15F2N5O2/c20-14-3-12(4-15(21)5-14)9-28-18-1-2-25-19(24-18)17(7-23-25)13-6-22-26(8-13)16-10-27-11-16/h1-8,16H,9-11H2. The zero-order valence-electron chi connectivity index (χ0n) is 14.6. The summed E-state index contributed by atoms with van der Waals surface area (Å²) in [7, 11) is 0. The molecule has 28 heavy (non-hydrogen) atoms. The van der Waals surface area contributed by atoms with Gasteiger partial charge in [-0.2, -0.15) is 15.2 Å². The van der Waals surface area contributed by atoms with Crippen LogP contribution >= 0.6 is 0 Å². The van der Waals surface area contributed by atoms with Gasteiger partial charge in [0.1, 0.15) is 18.2 Å². The molecule has 0 unspecified atom stereocenters.